The fourth-order valence-corrected chi connectivity index (χ4v) is 4.60. The molecule has 4 rings (SSSR count). The van der Waals surface area contributed by atoms with Crippen molar-refractivity contribution in [3.05, 3.63) is 72.3 Å². The van der Waals surface area contributed by atoms with Crippen LogP contribution in [0.3, 0.4) is 0 Å². The average molecular weight is 422 g/mol. The molecule has 154 valence electrons. The highest BCUT2D eigenvalue weighted by Gasteiger charge is 2.17. The lowest BCUT2D eigenvalue weighted by Gasteiger charge is -2.11. The summed E-state index contributed by atoms with van der Waals surface area (Å²) in [6.45, 7) is 0.650. The molecule has 1 heterocycles. The number of benzene rings is 3. The van der Waals surface area contributed by atoms with E-state index in [9.17, 15) is 13.2 Å². The summed E-state index contributed by atoms with van der Waals surface area (Å²) in [6.07, 6.45) is 3.61. The Morgan fingerprint density at radius 1 is 0.867 bits per heavy atom. The Morgan fingerprint density at radius 3 is 2.47 bits per heavy atom. The second-order valence-electron chi connectivity index (χ2n) is 7.25. The summed E-state index contributed by atoms with van der Waals surface area (Å²) in [5.74, 6) is 0.272. The normalized spacial score (nSPS) is 14.6. The first-order valence-corrected chi connectivity index (χ1v) is 11.5. The van der Waals surface area contributed by atoms with Gasteiger partial charge in [0.05, 0.1) is 4.90 Å². The van der Waals surface area contributed by atoms with Crippen molar-refractivity contribution in [2.24, 2.45) is 4.99 Å². The number of anilines is 1. The van der Waals surface area contributed by atoms with E-state index >= 15 is 0 Å². The van der Waals surface area contributed by atoms with Crippen LogP contribution in [0.1, 0.15) is 36.0 Å². The summed E-state index contributed by atoms with van der Waals surface area (Å²) >= 11 is 0. The maximum atomic E-state index is 12.7. The van der Waals surface area contributed by atoms with Gasteiger partial charge < -0.3 is 5.32 Å². The van der Waals surface area contributed by atoms with E-state index in [4.69, 9.17) is 0 Å². The third-order valence-corrected chi connectivity index (χ3v) is 6.48. The first kappa shape index (κ1) is 20.1. The lowest BCUT2D eigenvalue weighted by Crippen LogP contribution is -2.30. The molecule has 6 nitrogen and oxygen atoms in total. The molecule has 0 saturated heterocycles. The Labute approximate surface area is 176 Å². The molecule has 0 aromatic heterocycles. The van der Waals surface area contributed by atoms with Crippen molar-refractivity contribution in [1.82, 2.24) is 4.72 Å². The Hall–Kier alpha value is -3.19. The highest BCUT2D eigenvalue weighted by molar-refractivity contribution is 7.90. The third kappa shape index (κ3) is 4.52. The van der Waals surface area contributed by atoms with E-state index in [0.29, 0.717) is 30.1 Å². The van der Waals surface area contributed by atoms with Crippen molar-refractivity contribution in [3.63, 3.8) is 0 Å². The number of nitrogens with one attached hydrogen (secondary N) is 2. The Balaban J connectivity index is 1.49. The number of amides is 1. The van der Waals surface area contributed by atoms with Gasteiger partial charge in [0.2, 0.25) is 0 Å². The number of carbonyl (C=O) groups excluding carboxylic acids is 1. The van der Waals surface area contributed by atoms with Crippen LogP contribution in [0.5, 0.6) is 0 Å². The van der Waals surface area contributed by atoms with Gasteiger partial charge in [0, 0.05) is 24.2 Å². The van der Waals surface area contributed by atoms with Gasteiger partial charge in [-0.25, -0.2) is 8.42 Å². The second kappa shape index (κ2) is 8.67. The summed E-state index contributed by atoms with van der Waals surface area (Å²) in [6, 6.07) is 19.4. The van der Waals surface area contributed by atoms with E-state index in [1.54, 1.807) is 18.2 Å². The SMILES string of the molecule is O=C(Nc1ccc(S(=O)(=O)NC2=NCCCCC2)cc1)c1cccc2ccccc12. The van der Waals surface area contributed by atoms with Gasteiger partial charge in [-0.3, -0.25) is 14.5 Å². The Kier molecular flexibility index (Phi) is 5.81. The Morgan fingerprint density at radius 2 is 1.63 bits per heavy atom. The van der Waals surface area contributed by atoms with Gasteiger partial charge in [0.1, 0.15) is 5.84 Å². The quantitative estimate of drug-likeness (QED) is 0.657. The molecule has 0 spiro atoms. The van der Waals surface area contributed by atoms with E-state index in [2.05, 4.69) is 15.0 Å². The minimum absolute atomic E-state index is 0.137. The van der Waals surface area contributed by atoms with Crippen LogP contribution in [0.2, 0.25) is 0 Å². The molecule has 3 aromatic rings. The topological polar surface area (TPSA) is 87.6 Å². The number of carbonyl (C=O) groups is 1. The summed E-state index contributed by atoms with van der Waals surface area (Å²) in [4.78, 5) is 17.2. The van der Waals surface area contributed by atoms with Crippen LogP contribution in [-0.4, -0.2) is 26.7 Å². The number of fused-ring (bicyclic) bond motifs is 1. The minimum Gasteiger partial charge on any atom is -0.322 e. The lowest BCUT2D eigenvalue weighted by molar-refractivity contribution is 0.102. The summed E-state index contributed by atoms with van der Waals surface area (Å²) in [5, 5.41) is 4.69. The van der Waals surface area contributed by atoms with Crippen molar-refractivity contribution in [3.8, 4) is 0 Å². The number of hydrogen-bond acceptors (Lipinski definition) is 4. The van der Waals surface area contributed by atoms with E-state index in [1.165, 1.54) is 12.1 Å². The van der Waals surface area contributed by atoms with E-state index < -0.39 is 10.0 Å². The minimum atomic E-state index is -3.70. The predicted molar refractivity (Wildman–Crippen MR) is 119 cm³/mol. The van der Waals surface area contributed by atoms with Gasteiger partial charge in [0.15, 0.2) is 0 Å². The zero-order valence-electron chi connectivity index (χ0n) is 16.5. The molecular formula is C23H23N3O3S. The number of sulfonamides is 1. The van der Waals surface area contributed by atoms with Gasteiger partial charge in [-0.15, -0.1) is 0 Å². The first-order chi connectivity index (χ1) is 14.5. The van der Waals surface area contributed by atoms with Gasteiger partial charge in [0.25, 0.3) is 15.9 Å². The fraction of sp³-hybridized carbons (Fsp3) is 0.217. The van der Waals surface area contributed by atoms with E-state index in [1.807, 2.05) is 36.4 Å². The molecule has 0 bridgehead atoms. The molecule has 0 fully saturated rings. The van der Waals surface area contributed by atoms with Crippen LogP contribution in [-0.2, 0) is 10.0 Å². The van der Waals surface area contributed by atoms with Crippen LogP contribution in [0.4, 0.5) is 5.69 Å². The average Bonchev–Trinajstić information content (AvgIpc) is 3.02. The van der Waals surface area contributed by atoms with Crippen molar-refractivity contribution >= 4 is 38.2 Å². The molecule has 0 radical (unpaired) electrons. The maximum Gasteiger partial charge on any atom is 0.262 e. The van der Waals surface area contributed by atoms with Gasteiger partial charge in [-0.1, -0.05) is 42.8 Å². The molecule has 0 atom stereocenters. The van der Waals surface area contributed by atoms with Crippen LogP contribution in [0, 0.1) is 0 Å². The number of nitrogens with zero attached hydrogens (tertiary/aromatic N) is 1. The zero-order valence-corrected chi connectivity index (χ0v) is 17.3. The largest absolute Gasteiger partial charge is 0.322 e. The fourth-order valence-electron chi connectivity index (χ4n) is 3.51. The highest BCUT2D eigenvalue weighted by atomic mass is 32.2. The van der Waals surface area contributed by atoms with Crippen LogP contribution in [0.15, 0.2) is 76.6 Å². The molecule has 1 amide bonds. The summed E-state index contributed by atoms with van der Waals surface area (Å²) < 4.78 is 27.9. The van der Waals surface area contributed by atoms with Crippen molar-refractivity contribution in [2.75, 3.05) is 11.9 Å². The molecule has 0 unspecified atom stereocenters. The van der Waals surface area contributed by atoms with Crippen LogP contribution >= 0.6 is 0 Å². The Bertz CT molecular complexity index is 1200. The van der Waals surface area contributed by atoms with Crippen molar-refractivity contribution < 1.29 is 13.2 Å². The molecule has 7 heteroatoms. The standard InChI is InChI=1S/C23H23N3O3S/c27-23(21-10-6-8-17-7-3-4-9-20(17)21)25-18-12-14-19(15-13-18)30(28,29)26-22-11-2-1-5-16-24-22/h3-4,6-10,12-15H,1-2,5,11,16H2,(H,24,26)(H,25,27). The number of aliphatic imine (C=N–C) groups is 1. The van der Waals surface area contributed by atoms with Gasteiger partial charge in [-0.05, 0) is 53.9 Å². The number of hydrogen-bond donors (Lipinski definition) is 2. The summed E-state index contributed by atoms with van der Waals surface area (Å²) in [5.41, 5.74) is 1.09. The van der Waals surface area contributed by atoms with Crippen LogP contribution in [0.25, 0.3) is 10.8 Å². The molecule has 0 saturated carbocycles. The van der Waals surface area contributed by atoms with Crippen LogP contribution < -0.4 is 10.0 Å². The highest BCUT2D eigenvalue weighted by Crippen LogP contribution is 2.21. The zero-order chi connectivity index (χ0) is 21.0. The lowest BCUT2D eigenvalue weighted by atomic mass is 10.0. The molecule has 1 aliphatic rings. The van der Waals surface area contributed by atoms with E-state index in [0.717, 1.165) is 30.0 Å². The van der Waals surface area contributed by atoms with Gasteiger partial charge in [-0.2, -0.15) is 0 Å². The van der Waals surface area contributed by atoms with Crippen molar-refractivity contribution in [2.45, 2.75) is 30.6 Å². The maximum absolute atomic E-state index is 12.7. The molecule has 3 aromatic carbocycles. The molecule has 0 aliphatic carbocycles. The van der Waals surface area contributed by atoms with Crippen molar-refractivity contribution in [1.29, 1.82) is 0 Å². The second-order valence-corrected chi connectivity index (χ2v) is 8.93. The molecule has 1 aliphatic heterocycles. The summed E-state index contributed by atoms with van der Waals surface area (Å²) in [7, 11) is -3.70. The predicted octanol–water partition coefficient (Wildman–Crippen LogP) is 4.34. The smallest absolute Gasteiger partial charge is 0.262 e. The molecule has 30 heavy (non-hydrogen) atoms. The molecule has 2 N–H and O–H groups in total. The third-order valence-electron chi connectivity index (χ3n) is 5.08. The van der Waals surface area contributed by atoms with Gasteiger partial charge >= 0.3 is 0 Å². The van der Waals surface area contributed by atoms with E-state index in [-0.39, 0.29) is 10.8 Å². The first-order valence-electron chi connectivity index (χ1n) is 9.98. The number of rotatable bonds is 4. The number of amidine groups is 1. The monoisotopic (exact) mass is 421 g/mol. The molecular weight excluding hydrogens is 398 g/mol.